The Balaban J connectivity index is 1.73. The number of nitrogens with zero attached hydrogens (tertiary/aromatic N) is 1. The summed E-state index contributed by atoms with van der Waals surface area (Å²) in [5, 5.41) is 8.78. The quantitative estimate of drug-likeness (QED) is 0.615. The summed E-state index contributed by atoms with van der Waals surface area (Å²) in [5.74, 6) is -0.564. The molecule has 0 saturated heterocycles. The predicted octanol–water partition coefficient (Wildman–Crippen LogP) is 4.82. The predicted molar refractivity (Wildman–Crippen MR) is 118 cm³/mol. The van der Waals surface area contributed by atoms with Crippen LogP contribution in [0.4, 0.5) is 5.69 Å². The first-order chi connectivity index (χ1) is 13.8. The van der Waals surface area contributed by atoms with Crippen molar-refractivity contribution in [2.24, 2.45) is 5.92 Å². The largest absolute Gasteiger partial charge is 0.340 e. The molecule has 29 heavy (non-hydrogen) atoms. The Morgan fingerprint density at radius 1 is 1.03 bits per heavy atom. The highest BCUT2D eigenvalue weighted by Crippen LogP contribution is 2.24. The number of aryl methyl sites for hydroxylation is 2. The number of aromatic nitrogens is 1. The monoisotopic (exact) mass is 407 g/mol. The van der Waals surface area contributed by atoms with E-state index in [0.29, 0.717) is 11.3 Å². The van der Waals surface area contributed by atoms with Gasteiger partial charge in [-0.1, -0.05) is 43.7 Å². The molecule has 3 rings (SSSR count). The minimum absolute atomic E-state index is 0.0613. The molecule has 0 fully saturated rings. The molecule has 1 heterocycles. The highest BCUT2D eigenvalue weighted by molar-refractivity contribution is 7.09. The highest BCUT2D eigenvalue weighted by atomic mass is 32.1. The average molecular weight is 408 g/mol. The number of thiazole rings is 1. The van der Waals surface area contributed by atoms with E-state index in [0.717, 1.165) is 21.8 Å². The van der Waals surface area contributed by atoms with Crippen LogP contribution in [-0.4, -0.2) is 22.8 Å². The van der Waals surface area contributed by atoms with E-state index in [1.54, 1.807) is 23.5 Å². The van der Waals surface area contributed by atoms with Gasteiger partial charge in [0.05, 0.1) is 10.7 Å². The van der Waals surface area contributed by atoms with Gasteiger partial charge in [-0.3, -0.25) is 9.59 Å². The summed E-state index contributed by atoms with van der Waals surface area (Å²) in [6.07, 6.45) is 0. The van der Waals surface area contributed by atoms with E-state index in [-0.39, 0.29) is 17.7 Å². The van der Waals surface area contributed by atoms with Gasteiger partial charge in [0.1, 0.15) is 6.04 Å². The van der Waals surface area contributed by atoms with Crippen LogP contribution in [0.1, 0.15) is 34.8 Å². The zero-order valence-electron chi connectivity index (χ0n) is 17.0. The zero-order valence-corrected chi connectivity index (χ0v) is 17.8. The highest BCUT2D eigenvalue weighted by Gasteiger charge is 2.25. The van der Waals surface area contributed by atoms with Crippen molar-refractivity contribution in [1.82, 2.24) is 10.3 Å². The molecule has 0 radical (unpaired) electrons. The summed E-state index contributed by atoms with van der Waals surface area (Å²) in [6, 6.07) is 14.2. The maximum Gasteiger partial charge on any atom is 0.251 e. The summed E-state index contributed by atoms with van der Waals surface area (Å²) in [5.41, 5.74) is 4.12. The topological polar surface area (TPSA) is 71.1 Å². The van der Waals surface area contributed by atoms with Gasteiger partial charge < -0.3 is 10.6 Å². The molecule has 5 nitrogen and oxygen atoms in total. The second kappa shape index (κ2) is 9.01. The number of rotatable bonds is 6. The Hall–Kier alpha value is -2.99. The van der Waals surface area contributed by atoms with Crippen molar-refractivity contribution < 1.29 is 9.59 Å². The minimum atomic E-state index is -0.644. The van der Waals surface area contributed by atoms with Crippen LogP contribution < -0.4 is 10.6 Å². The van der Waals surface area contributed by atoms with Crippen LogP contribution in [-0.2, 0) is 4.79 Å². The van der Waals surface area contributed by atoms with Gasteiger partial charge in [-0.2, -0.15) is 0 Å². The third kappa shape index (κ3) is 5.29. The molecule has 2 N–H and O–H groups in total. The van der Waals surface area contributed by atoms with Crippen molar-refractivity contribution in [3.63, 3.8) is 0 Å². The third-order valence-corrected chi connectivity index (χ3v) is 5.37. The molecule has 2 aromatic carbocycles. The smallest absolute Gasteiger partial charge is 0.251 e. The fourth-order valence-corrected chi connectivity index (χ4v) is 3.56. The lowest BCUT2D eigenvalue weighted by Crippen LogP contribution is -2.47. The molecule has 6 heteroatoms. The third-order valence-electron chi connectivity index (χ3n) is 4.59. The number of carbonyl (C=O) groups is 2. The first-order valence-electron chi connectivity index (χ1n) is 9.54. The van der Waals surface area contributed by atoms with Crippen molar-refractivity contribution in [1.29, 1.82) is 0 Å². The fourth-order valence-electron chi connectivity index (χ4n) is 2.94. The molecular weight excluding hydrogens is 382 g/mol. The van der Waals surface area contributed by atoms with Crippen LogP contribution in [0.3, 0.4) is 0 Å². The molecule has 1 atom stereocenters. The van der Waals surface area contributed by atoms with Gasteiger partial charge in [0.25, 0.3) is 5.91 Å². The number of nitrogens with one attached hydrogen (secondary N) is 2. The summed E-state index contributed by atoms with van der Waals surface area (Å²) in [7, 11) is 0. The Bertz CT molecular complexity index is 1010. The van der Waals surface area contributed by atoms with E-state index in [1.165, 1.54) is 0 Å². The van der Waals surface area contributed by atoms with E-state index in [9.17, 15) is 9.59 Å². The minimum Gasteiger partial charge on any atom is -0.340 e. The average Bonchev–Trinajstić information content (AvgIpc) is 3.12. The van der Waals surface area contributed by atoms with Crippen LogP contribution in [0, 0.1) is 19.8 Å². The van der Waals surface area contributed by atoms with E-state index >= 15 is 0 Å². The molecular formula is C23H25N3O2S. The zero-order chi connectivity index (χ0) is 21.0. The standard InChI is InChI=1S/C23H25N3O2S/c1-14(2)21(26-22(27)17-10-8-15(3)9-11-17)23(28)25-19-7-5-6-18(12-19)20-13-29-16(4)24-20/h5-14,21H,1-4H3,(H,25,28)(H,26,27). The Kier molecular flexibility index (Phi) is 6.44. The van der Waals surface area contributed by atoms with Crippen molar-refractivity contribution in [3.05, 3.63) is 70.0 Å². The first kappa shape index (κ1) is 20.7. The van der Waals surface area contributed by atoms with Gasteiger partial charge in [0.2, 0.25) is 5.91 Å². The molecule has 0 aliphatic carbocycles. The normalized spacial score (nSPS) is 11.9. The Morgan fingerprint density at radius 3 is 2.38 bits per heavy atom. The van der Waals surface area contributed by atoms with Crippen molar-refractivity contribution >= 4 is 28.8 Å². The van der Waals surface area contributed by atoms with Crippen LogP contribution >= 0.6 is 11.3 Å². The van der Waals surface area contributed by atoms with Gasteiger partial charge in [-0.15, -0.1) is 11.3 Å². The van der Waals surface area contributed by atoms with E-state index in [2.05, 4.69) is 15.6 Å². The Morgan fingerprint density at radius 2 is 1.76 bits per heavy atom. The molecule has 3 aromatic rings. The number of amides is 2. The molecule has 0 aliphatic heterocycles. The lowest BCUT2D eigenvalue weighted by atomic mass is 10.0. The lowest BCUT2D eigenvalue weighted by molar-refractivity contribution is -0.118. The summed E-state index contributed by atoms with van der Waals surface area (Å²) in [4.78, 5) is 30.0. The van der Waals surface area contributed by atoms with Crippen LogP contribution in [0.25, 0.3) is 11.3 Å². The van der Waals surface area contributed by atoms with Crippen LogP contribution in [0.5, 0.6) is 0 Å². The van der Waals surface area contributed by atoms with Crippen LogP contribution in [0.2, 0.25) is 0 Å². The lowest BCUT2D eigenvalue weighted by Gasteiger charge is -2.22. The molecule has 0 spiro atoms. The molecule has 150 valence electrons. The number of anilines is 1. The fraction of sp³-hybridized carbons (Fsp3) is 0.261. The number of carbonyl (C=O) groups excluding carboxylic acids is 2. The maximum atomic E-state index is 12.9. The number of hydrogen-bond donors (Lipinski definition) is 2. The maximum absolute atomic E-state index is 12.9. The van der Waals surface area contributed by atoms with Gasteiger partial charge >= 0.3 is 0 Å². The molecule has 1 unspecified atom stereocenters. The second-order valence-corrected chi connectivity index (χ2v) is 8.45. The van der Waals surface area contributed by atoms with E-state index < -0.39 is 6.04 Å². The van der Waals surface area contributed by atoms with Crippen LogP contribution in [0.15, 0.2) is 53.9 Å². The molecule has 2 amide bonds. The molecule has 0 aliphatic rings. The summed E-state index contributed by atoms with van der Waals surface area (Å²) >= 11 is 1.59. The van der Waals surface area contributed by atoms with E-state index in [1.807, 2.05) is 69.5 Å². The molecule has 1 aromatic heterocycles. The van der Waals surface area contributed by atoms with Crippen molar-refractivity contribution in [2.75, 3.05) is 5.32 Å². The second-order valence-electron chi connectivity index (χ2n) is 7.38. The first-order valence-corrected chi connectivity index (χ1v) is 10.4. The number of benzene rings is 2. The van der Waals surface area contributed by atoms with Gasteiger partial charge in [-0.05, 0) is 44.0 Å². The summed E-state index contributed by atoms with van der Waals surface area (Å²) in [6.45, 7) is 7.75. The SMILES string of the molecule is Cc1ccc(C(=O)NC(C(=O)Nc2cccc(-c3csc(C)n3)c2)C(C)C)cc1. The van der Waals surface area contributed by atoms with Crippen molar-refractivity contribution in [3.8, 4) is 11.3 Å². The van der Waals surface area contributed by atoms with Gasteiger partial charge in [0.15, 0.2) is 0 Å². The van der Waals surface area contributed by atoms with Gasteiger partial charge in [-0.25, -0.2) is 4.98 Å². The Labute approximate surface area is 175 Å². The number of hydrogen-bond acceptors (Lipinski definition) is 4. The molecule has 0 saturated carbocycles. The van der Waals surface area contributed by atoms with Crippen molar-refractivity contribution in [2.45, 2.75) is 33.7 Å². The van der Waals surface area contributed by atoms with E-state index in [4.69, 9.17) is 0 Å². The van der Waals surface area contributed by atoms with Gasteiger partial charge in [0, 0.05) is 22.2 Å². The molecule has 0 bridgehead atoms. The summed E-state index contributed by atoms with van der Waals surface area (Å²) < 4.78 is 0.